The minimum absolute atomic E-state index is 0.0223. The molecule has 0 aliphatic heterocycles. The second kappa shape index (κ2) is 6.91. The van der Waals surface area contributed by atoms with Gasteiger partial charge in [0.25, 0.3) is 0 Å². The molecule has 0 bridgehead atoms. The third-order valence-corrected chi connectivity index (χ3v) is 4.77. The third-order valence-electron chi connectivity index (χ3n) is 4.77. The first kappa shape index (κ1) is 15.1. The fourth-order valence-corrected chi connectivity index (χ4v) is 3.42. The van der Waals surface area contributed by atoms with E-state index >= 15 is 0 Å². The molecule has 2 rings (SSSR count). The predicted octanol–water partition coefficient (Wildman–Crippen LogP) is 2.69. The summed E-state index contributed by atoms with van der Waals surface area (Å²) in [4.78, 5) is 25.4. The van der Waals surface area contributed by atoms with Crippen LogP contribution < -0.4 is 0 Å². The van der Waals surface area contributed by atoms with Crippen molar-refractivity contribution in [1.82, 2.24) is 4.90 Å². The lowest BCUT2D eigenvalue weighted by atomic mass is 9.72. The van der Waals surface area contributed by atoms with Gasteiger partial charge in [-0.3, -0.25) is 9.59 Å². The number of carboxylic acids is 1. The maximum Gasteiger partial charge on any atom is 0.307 e. The van der Waals surface area contributed by atoms with Gasteiger partial charge in [-0.1, -0.05) is 25.3 Å². The lowest BCUT2D eigenvalue weighted by Crippen LogP contribution is -2.47. The average molecular weight is 279 g/mol. The van der Waals surface area contributed by atoms with Crippen molar-refractivity contribution in [3.05, 3.63) is 12.7 Å². The summed E-state index contributed by atoms with van der Waals surface area (Å²) in [5.41, 5.74) is 0. The molecule has 2 aliphatic rings. The van der Waals surface area contributed by atoms with Gasteiger partial charge in [-0.15, -0.1) is 6.58 Å². The highest BCUT2D eigenvalue weighted by Gasteiger charge is 2.43. The fraction of sp³-hybridized carbons (Fsp3) is 0.750. The highest BCUT2D eigenvalue weighted by Crippen LogP contribution is 2.36. The van der Waals surface area contributed by atoms with Gasteiger partial charge in [0, 0.05) is 13.1 Å². The normalized spacial score (nSPS) is 26.6. The van der Waals surface area contributed by atoms with E-state index in [2.05, 4.69) is 6.58 Å². The molecule has 20 heavy (non-hydrogen) atoms. The SMILES string of the molecule is C=CCN(CC1CCCCC1)C(=O)C1CCC1C(=O)O. The van der Waals surface area contributed by atoms with E-state index in [1.807, 2.05) is 4.90 Å². The van der Waals surface area contributed by atoms with Crippen molar-refractivity contribution in [1.29, 1.82) is 0 Å². The number of aliphatic carboxylic acids is 1. The zero-order valence-electron chi connectivity index (χ0n) is 12.1. The Morgan fingerprint density at radius 2 is 1.75 bits per heavy atom. The lowest BCUT2D eigenvalue weighted by molar-refractivity contribution is -0.156. The molecule has 2 aliphatic carbocycles. The number of hydrogen-bond acceptors (Lipinski definition) is 2. The van der Waals surface area contributed by atoms with Crippen LogP contribution in [0.1, 0.15) is 44.9 Å². The van der Waals surface area contributed by atoms with Gasteiger partial charge in [-0.2, -0.15) is 0 Å². The molecule has 2 atom stereocenters. The van der Waals surface area contributed by atoms with Gasteiger partial charge in [0.2, 0.25) is 5.91 Å². The van der Waals surface area contributed by atoms with E-state index < -0.39 is 11.9 Å². The molecule has 0 radical (unpaired) electrons. The molecule has 0 spiro atoms. The zero-order valence-corrected chi connectivity index (χ0v) is 12.1. The van der Waals surface area contributed by atoms with Gasteiger partial charge in [0.05, 0.1) is 11.8 Å². The number of hydrogen-bond donors (Lipinski definition) is 1. The van der Waals surface area contributed by atoms with Crippen LogP contribution in [0.25, 0.3) is 0 Å². The minimum Gasteiger partial charge on any atom is -0.481 e. The summed E-state index contributed by atoms with van der Waals surface area (Å²) in [6.07, 6.45) is 9.28. The Kier molecular flexibility index (Phi) is 5.21. The number of rotatable bonds is 6. The summed E-state index contributed by atoms with van der Waals surface area (Å²) in [7, 11) is 0. The summed E-state index contributed by atoms with van der Waals surface area (Å²) in [5.74, 6) is -1.01. The number of carboxylic acid groups (broad SMARTS) is 1. The van der Waals surface area contributed by atoms with E-state index in [0.29, 0.717) is 25.3 Å². The maximum atomic E-state index is 12.5. The number of carbonyl (C=O) groups is 2. The third kappa shape index (κ3) is 3.41. The Bertz CT molecular complexity index is 374. The van der Waals surface area contributed by atoms with Crippen LogP contribution >= 0.6 is 0 Å². The lowest BCUT2D eigenvalue weighted by Gasteiger charge is -2.37. The highest BCUT2D eigenvalue weighted by molar-refractivity contribution is 5.86. The first-order valence-electron chi connectivity index (χ1n) is 7.76. The van der Waals surface area contributed by atoms with Gasteiger partial charge < -0.3 is 10.0 Å². The Morgan fingerprint density at radius 3 is 2.25 bits per heavy atom. The van der Waals surface area contributed by atoms with Crippen molar-refractivity contribution >= 4 is 11.9 Å². The molecule has 1 N–H and O–H groups in total. The van der Waals surface area contributed by atoms with Crippen molar-refractivity contribution in [3.8, 4) is 0 Å². The van der Waals surface area contributed by atoms with Gasteiger partial charge >= 0.3 is 5.97 Å². The monoisotopic (exact) mass is 279 g/mol. The van der Waals surface area contributed by atoms with Crippen LogP contribution in [0.2, 0.25) is 0 Å². The first-order valence-corrected chi connectivity index (χ1v) is 7.76. The van der Waals surface area contributed by atoms with Crippen molar-refractivity contribution in [2.45, 2.75) is 44.9 Å². The van der Waals surface area contributed by atoms with Gasteiger partial charge in [0.1, 0.15) is 0 Å². The van der Waals surface area contributed by atoms with Crippen LogP contribution in [-0.4, -0.2) is 35.0 Å². The maximum absolute atomic E-state index is 12.5. The Labute approximate surface area is 120 Å². The number of nitrogens with zero attached hydrogens (tertiary/aromatic N) is 1. The van der Waals surface area contributed by atoms with Gasteiger partial charge in [0.15, 0.2) is 0 Å². The molecular weight excluding hydrogens is 254 g/mol. The van der Waals surface area contributed by atoms with E-state index in [-0.39, 0.29) is 11.8 Å². The Hall–Kier alpha value is -1.32. The van der Waals surface area contributed by atoms with Gasteiger partial charge in [-0.25, -0.2) is 0 Å². The summed E-state index contributed by atoms with van der Waals surface area (Å²) in [6.45, 7) is 5.03. The summed E-state index contributed by atoms with van der Waals surface area (Å²) >= 11 is 0. The van der Waals surface area contributed by atoms with E-state index in [4.69, 9.17) is 5.11 Å². The van der Waals surface area contributed by atoms with E-state index in [1.54, 1.807) is 6.08 Å². The Morgan fingerprint density at radius 1 is 1.10 bits per heavy atom. The van der Waals surface area contributed by atoms with E-state index in [0.717, 1.165) is 6.54 Å². The molecule has 0 aromatic heterocycles. The molecular formula is C16H25NO3. The molecule has 112 valence electrons. The van der Waals surface area contributed by atoms with Crippen LogP contribution in [0.15, 0.2) is 12.7 Å². The molecule has 1 amide bonds. The second-order valence-electron chi connectivity index (χ2n) is 6.16. The predicted molar refractivity (Wildman–Crippen MR) is 77.2 cm³/mol. The number of amides is 1. The van der Waals surface area contributed by atoms with Crippen molar-refractivity contribution in [2.75, 3.05) is 13.1 Å². The van der Waals surface area contributed by atoms with Crippen molar-refractivity contribution in [3.63, 3.8) is 0 Å². The standard InChI is InChI=1S/C16H25NO3/c1-2-10-17(11-12-6-4-3-5-7-12)15(18)13-8-9-14(13)16(19)20/h2,12-14H,1,3-11H2,(H,19,20). The average Bonchev–Trinajstić information content (AvgIpc) is 2.37. The summed E-state index contributed by atoms with van der Waals surface area (Å²) in [6, 6.07) is 0. The van der Waals surface area contributed by atoms with Crippen LogP contribution in [0.5, 0.6) is 0 Å². The molecule has 2 fully saturated rings. The van der Waals surface area contributed by atoms with Crippen LogP contribution in [0.4, 0.5) is 0 Å². The molecule has 0 aromatic rings. The second-order valence-corrected chi connectivity index (χ2v) is 6.16. The summed E-state index contributed by atoms with van der Waals surface area (Å²) < 4.78 is 0. The smallest absolute Gasteiger partial charge is 0.307 e. The quantitative estimate of drug-likeness (QED) is 0.760. The molecule has 0 saturated heterocycles. The van der Waals surface area contributed by atoms with Crippen molar-refractivity contribution < 1.29 is 14.7 Å². The van der Waals surface area contributed by atoms with Crippen LogP contribution in [-0.2, 0) is 9.59 Å². The molecule has 2 saturated carbocycles. The summed E-state index contributed by atoms with van der Waals surface area (Å²) in [5, 5.41) is 9.09. The van der Waals surface area contributed by atoms with E-state index in [9.17, 15) is 9.59 Å². The molecule has 4 heteroatoms. The van der Waals surface area contributed by atoms with Gasteiger partial charge in [-0.05, 0) is 31.6 Å². The van der Waals surface area contributed by atoms with Crippen molar-refractivity contribution in [2.24, 2.45) is 17.8 Å². The molecule has 0 heterocycles. The zero-order chi connectivity index (χ0) is 14.5. The number of carbonyl (C=O) groups excluding carboxylic acids is 1. The molecule has 0 aromatic carbocycles. The highest BCUT2D eigenvalue weighted by atomic mass is 16.4. The largest absolute Gasteiger partial charge is 0.481 e. The Balaban J connectivity index is 1.94. The topological polar surface area (TPSA) is 57.6 Å². The minimum atomic E-state index is -0.828. The molecule has 4 nitrogen and oxygen atoms in total. The van der Waals surface area contributed by atoms with Crippen LogP contribution in [0, 0.1) is 17.8 Å². The fourth-order valence-electron chi connectivity index (χ4n) is 3.42. The van der Waals surface area contributed by atoms with Crippen LogP contribution in [0.3, 0.4) is 0 Å². The molecule has 2 unspecified atom stereocenters. The first-order chi connectivity index (χ1) is 9.63. The van der Waals surface area contributed by atoms with E-state index in [1.165, 1.54) is 32.1 Å².